The monoisotopic (exact) mass is 318 g/mol. The van der Waals surface area contributed by atoms with E-state index in [1.165, 1.54) is 12.4 Å². The van der Waals surface area contributed by atoms with Gasteiger partial charge in [-0.1, -0.05) is 11.6 Å². The van der Waals surface area contributed by atoms with Crippen molar-refractivity contribution in [1.29, 1.82) is 0 Å². The van der Waals surface area contributed by atoms with Crippen LogP contribution >= 0.6 is 11.6 Å². The first-order chi connectivity index (χ1) is 10.7. The van der Waals surface area contributed by atoms with E-state index in [-0.39, 0.29) is 5.91 Å². The quantitative estimate of drug-likeness (QED) is 0.886. The smallest absolute Gasteiger partial charge is 0.254 e. The zero-order valence-corrected chi connectivity index (χ0v) is 12.7. The number of aromatic nitrogens is 2. The summed E-state index contributed by atoms with van der Waals surface area (Å²) in [6, 6.07) is 5.59. The Morgan fingerprint density at radius 2 is 2.05 bits per heavy atom. The van der Waals surface area contributed by atoms with Gasteiger partial charge in [0.05, 0.1) is 17.7 Å². The van der Waals surface area contributed by atoms with Gasteiger partial charge in [0, 0.05) is 24.1 Å². The predicted octanol–water partition coefficient (Wildman–Crippen LogP) is 2.77. The van der Waals surface area contributed by atoms with Crippen molar-refractivity contribution < 1.29 is 9.53 Å². The molecule has 6 nitrogen and oxygen atoms in total. The van der Waals surface area contributed by atoms with Crippen LogP contribution in [0.5, 0.6) is 5.75 Å². The summed E-state index contributed by atoms with van der Waals surface area (Å²) in [6.07, 6.45) is 5.09. The zero-order valence-electron chi connectivity index (χ0n) is 12.0. The van der Waals surface area contributed by atoms with Gasteiger partial charge in [0.2, 0.25) is 5.95 Å². The number of methoxy groups -OCH3 is 1. The fourth-order valence-electron chi connectivity index (χ4n) is 1.88. The summed E-state index contributed by atoms with van der Waals surface area (Å²) >= 11 is 6.06. The van der Waals surface area contributed by atoms with Gasteiger partial charge in [-0.05, 0) is 31.0 Å². The summed E-state index contributed by atoms with van der Waals surface area (Å²) in [5.74, 6) is 0.853. The van der Waals surface area contributed by atoms with Crippen molar-refractivity contribution in [3.8, 4) is 5.75 Å². The summed E-state index contributed by atoms with van der Waals surface area (Å²) in [6.45, 7) is 0. The Kier molecular flexibility index (Phi) is 4.11. The van der Waals surface area contributed by atoms with Crippen molar-refractivity contribution in [3.05, 3.63) is 41.2 Å². The molecule has 1 saturated carbocycles. The number of hydrogen-bond acceptors (Lipinski definition) is 5. The van der Waals surface area contributed by atoms with E-state index in [1.54, 1.807) is 19.2 Å². The van der Waals surface area contributed by atoms with Crippen molar-refractivity contribution in [3.63, 3.8) is 0 Å². The average Bonchev–Trinajstić information content (AvgIpc) is 3.32. The topological polar surface area (TPSA) is 76.1 Å². The molecular formula is C15H15ClN4O2. The van der Waals surface area contributed by atoms with Crippen LogP contribution in [-0.2, 0) is 0 Å². The molecule has 1 aliphatic carbocycles. The van der Waals surface area contributed by atoms with Crippen LogP contribution < -0.4 is 15.4 Å². The van der Waals surface area contributed by atoms with Gasteiger partial charge >= 0.3 is 0 Å². The van der Waals surface area contributed by atoms with Crippen molar-refractivity contribution in [2.24, 2.45) is 0 Å². The molecule has 0 saturated heterocycles. The van der Waals surface area contributed by atoms with Crippen LogP contribution in [0.15, 0.2) is 30.6 Å². The summed E-state index contributed by atoms with van der Waals surface area (Å²) in [5.41, 5.74) is 1.19. The maximum Gasteiger partial charge on any atom is 0.254 e. The van der Waals surface area contributed by atoms with Crippen molar-refractivity contribution in [2.75, 3.05) is 12.4 Å². The van der Waals surface area contributed by atoms with Crippen LogP contribution in [0.2, 0.25) is 5.02 Å². The fraction of sp³-hybridized carbons (Fsp3) is 0.267. The van der Waals surface area contributed by atoms with Crippen LogP contribution in [0.4, 0.5) is 11.6 Å². The van der Waals surface area contributed by atoms with Crippen LogP contribution in [0, 0.1) is 0 Å². The molecule has 1 amide bonds. The first-order valence-electron chi connectivity index (χ1n) is 6.89. The number of anilines is 2. The number of hydrogen-bond donors (Lipinski definition) is 2. The fourth-order valence-corrected chi connectivity index (χ4v) is 2.14. The molecule has 22 heavy (non-hydrogen) atoms. The molecule has 1 heterocycles. The SMILES string of the molecule is COc1ccc(Nc2ncc(C(=O)NC3CC3)cn2)cc1Cl. The van der Waals surface area contributed by atoms with Gasteiger partial charge in [0.1, 0.15) is 5.75 Å². The minimum Gasteiger partial charge on any atom is -0.495 e. The van der Waals surface area contributed by atoms with Gasteiger partial charge in [-0.15, -0.1) is 0 Å². The predicted molar refractivity (Wildman–Crippen MR) is 83.8 cm³/mol. The summed E-state index contributed by atoms with van der Waals surface area (Å²) in [5, 5.41) is 6.40. The Morgan fingerprint density at radius 1 is 1.32 bits per heavy atom. The minimum absolute atomic E-state index is 0.137. The number of rotatable bonds is 5. The molecule has 1 aromatic carbocycles. The highest BCUT2D eigenvalue weighted by Gasteiger charge is 2.23. The van der Waals surface area contributed by atoms with E-state index in [2.05, 4.69) is 20.6 Å². The van der Waals surface area contributed by atoms with Crippen LogP contribution in [-0.4, -0.2) is 29.0 Å². The lowest BCUT2D eigenvalue weighted by Crippen LogP contribution is -2.25. The molecule has 0 aliphatic heterocycles. The molecule has 0 spiro atoms. The first kappa shape index (κ1) is 14.6. The van der Waals surface area contributed by atoms with Crippen molar-refractivity contribution in [1.82, 2.24) is 15.3 Å². The first-order valence-corrected chi connectivity index (χ1v) is 7.27. The summed E-state index contributed by atoms with van der Waals surface area (Å²) < 4.78 is 5.09. The number of nitrogens with one attached hydrogen (secondary N) is 2. The van der Waals surface area contributed by atoms with Gasteiger partial charge in [-0.25, -0.2) is 9.97 Å². The van der Waals surface area contributed by atoms with Gasteiger partial charge in [-0.2, -0.15) is 0 Å². The Morgan fingerprint density at radius 3 is 2.64 bits per heavy atom. The Bertz CT molecular complexity index is 686. The number of nitrogens with zero attached hydrogens (tertiary/aromatic N) is 2. The summed E-state index contributed by atoms with van der Waals surface area (Å²) in [4.78, 5) is 20.1. The maximum atomic E-state index is 11.8. The summed E-state index contributed by atoms with van der Waals surface area (Å²) in [7, 11) is 1.56. The Balaban J connectivity index is 1.67. The third-order valence-electron chi connectivity index (χ3n) is 3.23. The molecule has 2 N–H and O–H groups in total. The van der Waals surface area contributed by atoms with E-state index in [1.807, 2.05) is 6.07 Å². The molecule has 0 atom stereocenters. The van der Waals surface area contributed by atoms with E-state index in [0.29, 0.717) is 28.3 Å². The second-order valence-electron chi connectivity index (χ2n) is 5.02. The molecule has 7 heteroatoms. The molecule has 0 radical (unpaired) electrons. The lowest BCUT2D eigenvalue weighted by Gasteiger charge is -2.08. The van der Waals surface area contributed by atoms with Crippen molar-refractivity contribution in [2.45, 2.75) is 18.9 Å². The molecule has 3 rings (SSSR count). The largest absolute Gasteiger partial charge is 0.495 e. The molecular weight excluding hydrogens is 304 g/mol. The van der Waals surface area contributed by atoms with Crippen LogP contribution in [0.1, 0.15) is 23.2 Å². The lowest BCUT2D eigenvalue weighted by atomic mass is 10.3. The Labute approximate surface area is 132 Å². The van der Waals surface area contributed by atoms with Crippen LogP contribution in [0.25, 0.3) is 0 Å². The van der Waals surface area contributed by atoms with Gasteiger partial charge in [0.15, 0.2) is 0 Å². The second kappa shape index (κ2) is 6.19. The third-order valence-corrected chi connectivity index (χ3v) is 3.53. The highest BCUT2D eigenvalue weighted by molar-refractivity contribution is 6.32. The highest BCUT2D eigenvalue weighted by Crippen LogP contribution is 2.28. The van der Waals surface area contributed by atoms with E-state index in [0.717, 1.165) is 18.5 Å². The maximum absolute atomic E-state index is 11.8. The van der Waals surface area contributed by atoms with Crippen LogP contribution in [0.3, 0.4) is 0 Å². The average molecular weight is 319 g/mol. The Hall–Kier alpha value is -2.34. The molecule has 114 valence electrons. The zero-order chi connectivity index (χ0) is 15.5. The number of amides is 1. The standard InChI is InChI=1S/C15H15ClN4O2/c1-22-13-5-4-11(6-12(13)16)20-15-17-7-9(8-18-15)14(21)19-10-2-3-10/h4-8,10H,2-3H2,1H3,(H,19,21)(H,17,18,20). The normalized spacial score (nSPS) is 13.5. The van der Waals surface area contributed by atoms with Gasteiger partial charge in [0.25, 0.3) is 5.91 Å². The van der Waals surface area contributed by atoms with Gasteiger partial charge < -0.3 is 15.4 Å². The molecule has 1 aromatic heterocycles. The molecule has 0 unspecified atom stereocenters. The van der Waals surface area contributed by atoms with E-state index < -0.39 is 0 Å². The number of carbonyl (C=O) groups excluding carboxylic acids is 1. The second-order valence-corrected chi connectivity index (χ2v) is 5.42. The number of benzene rings is 1. The molecule has 0 bridgehead atoms. The molecule has 2 aromatic rings. The number of halogens is 1. The minimum atomic E-state index is -0.137. The molecule has 1 aliphatic rings. The van der Waals surface area contributed by atoms with Crippen molar-refractivity contribution >= 4 is 29.1 Å². The third kappa shape index (κ3) is 3.46. The lowest BCUT2D eigenvalue weighted by molar-refractivity contribution is 0.0950. The molecule has 1 fully saturated rings. The van der Waals surface area contributed by atoms with E-state index >= 15 is 0 Å². The van der Waals surface area contributed by atoms with E-state index in [4.69, 9.17) is 16.3 Å². The number of ether oxygens (including phenoxy) is 1. The highest BCUT2D eigenvalue weighted by atomic mass is 35.5. The van der Waals surface area contributed by atoms with E-state index in [9.17, 15) is 4.79 Å². The number of carbonyl (C=O) groups is 1. The van der Waals surface area contributed by atoms with Gasteiger partial charge in [-0.3, -0.25) is 4.79 Å².